The molecule has 0 bridgehead atoms. The molecule has 4 heteroatoms. The van der Waals surface area contributed by atoms with Crippen molar-refractivity contribution in [2.75, 3.05) is 0 Å². The molecule has 0 amide bonds. The number of rotatable bonds is 1. The number of hydrogen-bond donors (Lipinski definition) is 0. The molecule has 2 heterocycles. The number of carbonyl (C=O) groups excluding carboxylic acids is 1. The lowest BCUT2D eigenvalue weighted by molar-refractivity contribution is -0.109. The predicted octanol–water partition coefficient (Wildman–Crippen LogP) is 1.47. The number of carbonyl (C=O) groups is 1. The van der Waals surface area contributed by atoms with Crippen LogP contribution in [0.3, 0.4) is 0 Å². The first-order chi connectivity index (χ1) is 8.31. The maximum atomic E-state index is 12.2. The average Bonchev–Trinajstić information content (AvgIpc) is 2.38. The topological polar surface area (TPSA) is 52.0 Å². The highest BCUT2D eigenvalue weighted by Crippen LogP contribution is 2.23. The van der Waals surface area contributed by atoms with Crippen LogP contribution in [-0.4, -0.2) is 15.8 Å². The molecule has 86 valence electrons. The Balaban J connectivity index is 2.38. The maximum absolute atomic E-state index is 12.2. The van der Waals surface area contributed by atoms with Crippen molar-refractivity contribution in [3.05, 3.63) is 40.4 Å². The summed E-state index contributed by atoms with van der Waals surface area (Å²) in [6.45, 7) is 0.663. The van der Waals surface area contributed by atoms with Crippen LogP contribution >= 0.6 is 0 Å². The van der Waals surface area contributed by atoms with Crippen molar-refractivity contribution in [1.82, 2.24) is 9.55 Å². The van der Waals surface area contributed by atoms with E-state index in [0.717, 1.165) is 19.1 Å². The van der Waals surface area contributed by atoms with Crippen molar-refractivity contribution in [3.8, 4) is 0 Å². The van der Waals surface area contributed by atoms with E-state index >= 15 is 0 Å². The molecule has 0 spiro atoms. The number of fused-ring (bicyclic) bond motifs is 2. The highest BCUT2D eigenvalue weighted by atomic mass is 16.1. The Bertz CT molecular complexity index is 645. The minimum absolute atomic E-state index is 0.0304. The van der Waals surface area contributed by atoms with E-state index in [1.54, 1.807) is 10.6 Å². The molecular formula is C13H12N2O2. The Kier molecular flexibility index (Phi) is 2.28. The summed E-state index contributed by atoms with van der Waals surface area (Å²) in [5, 5.41) is 0.628. The molecule has 4 nitrogen and oxygen atoms in total. The average molecular weight is 228 g/mol. The molecule has 1 aliphatic heterocycles. The van der Waals surface area contributed by atoms with Gasteiger partial charge in [0.1, 0.15) is 12.1 Å². The van der Waals surface area contributed by atoms with Gasteiger partial charge in [0.2, 0.25) is 0 Å². The molecule has 1 unspecified atom stereocenters. The zero-order chi connectivity index (χ0) is 11.8. The zero-order valence-electron chi connectivity index (χ0n) is 9.30. The third-order valence-corrected chi connectivity index (χ3v) is 3.28. The van der Waals surface area contributed by atoms with Crippen LogP contribution in [0.15, 0.2) is 29.1 Å². The summed E-state index contributed by atoms with van der Waals surface area (Å²) in [6, 6.07) is 7.28. The highest BCUT2D eigenvalue weighted by molar-refractivity contribution is 5.78. The summed E-state index contributed by atoms with van der Waals surface area (Å²) in [5.41, 5.74) is 0.648. The number of para-hydroxylation sites is 1. The van der Waals surface area contributed by atoms with Crippen molar-refractivity contribution >= 4 is 17.2 Å². The lowest BCUT2D eigenvalue weighted by Gasteiger charge is -2.22. The van der Waals surface area contributed by atoms with Crippen LogP contribution in [0, 0.1) is 0 Å². The van der Waals surface area contributed by atoms with E-state index in [1.165, 1.54) is 0 Å². The first-order valence-electron chi connectivity index (χ1n) is 5.76. The van der Waals surface area contributed by atoms with Gasteiger partial charge in [-0.2, -0.15) is 0 Å². The number of nitrogens with zero attached hydrogens (tertiary/aromatic N) is 2. The van der Waals surface area contributed by atoms with Crippen molar-refractivity contribution in [2.45, 2.75) is 25.3 Å². The van der Waals surface area contributed by atoms with E-state index in [9.17, 15) is 9.59 Å². The predicted molar refractivity (Wildman–Crippen MR) is 64.0 cm³/mol. The second-order valence-corrected chi connectivity index (χ2v) is 4.33. The highest BCUT2D eigenvalue weighted by Gasteiger charge is 2.23. The van der Waals surface area contributed by atoms with E-state index in [0.29, 0.717) is 23.3 Å². The SMILES string of the molecule is O=CC1CCCn2c1nc1ccccc1c2=O. The van der Waals surface area contributed by atoms with E-state index < -0.39 is 0 Å². The summed E-state index contributed by atoms with van der Waals surface area (Å²) in [7, 11) is 0. The second-order valence-electron chi connectivity index (χ2n) is 4.33. The third-order valence-electron chi connectivity index (χ3n) is 3.28. The van der Waals surface area contributed by atoms with Gasteiger partial charge in [0.05, 0.1) is 16.8 Å². The van der Waals surface area contributed by atoms with Gasteiger partial charge < -0.3 is 4.79 Å². The lowest BCUT2D eigenvalue weighted by Crippen LogP contribution is -2.30. The molecule has 0 saturated carbocycles. The molecule has 0 saturated heterocycles. The number of aldehydes is 1. The van der Waals surface area contributed by atoms with Gasteiger partial charge in [-0.1, -0.05) is 12.1 Å². The first-order valence-corrected chi connectivity index (χ1v) is 5.76. The molecule has 1 aromatic carbocycles. The molecule has 0 aliphatic carbocycles. The van der Waals surface area contributed by atoms with Gasteiger partial charge in [-0.25, -0.2) is 4.98 Å². The number of hydrogen-bond acceptors (Lipinski definition) is 3. The molecule has 3 rings (SSSR count). The standard InChI is InChI=1S/C13H12N2O2/c16-8-9-4-3-7-15-12(9)14-11-6-2-1-5-10(11)13(15)17/h1-2,5-6,8-9H,3-4,7H2. The van der Waals surface area contributed by atoms with Crippen molar-refractivity contribution in [2.24, 2.45) is 0 Å². The fourth-order valence-electron chi connectivity index (χ4n) is 2.41. The molecular weight excluding hydrogens is 216 g/mol. The minimum atomic E-state index is -0.235. The summed E-state index contributed by atoms with van der Waals surface area (Å²) >= 11 is 0. The van der Waals surface area contributed by atoms with Crippen LogP contribution < -0.4 is 5.56 Å². The van der Waals surface area contributed by atoms with Crippen LogP contribution in [-0.2, 0) is 11.3 Å². The fourth-order valence-corrected chi connectivity index (χ4v) is 2.41. The Morgan fingerprint density at radius 1 is 1.35 bits per heavy atom. The summed E-state index contributed by atoms with van der Waals surface area (Å²) in [4.78, 5) is 27.7. The molecule has 1 aromatic heterocycles. The lowest BCUT2D eigenvalue weighted by atomic mass is 9.99. The van der Waals surface area contributed by atoms with Crippen LogP contribution in [0.4, 0.5) is 0 Å². The van der Waals surface area contributed by atoms with Gasteiger partial charge in [-0.15, -0.1) is 0 Å². The minimum Gasteiger partial charge on any atom is -0.303 e. The second kappa shape index (κ2) is 3.80. The third kappa shape index (κ3) is 1.48. The van der Waals surface area contributed by atoms with Gasteiger partial charge in [0, 0.05) is 6.54 Å². The van der Waals surface area contributed by atoms with Gasteiger partial charge in [0.25, 0.3) is 5.56 Å². The van der Waals surface area contributed by atoms with Crippen LogP contribution in [0.5, 0.6) is 0 Å². The number of benzene rings is 1. The molecule has 0 fully saturated rings. The Labute approximate surface area is 97.9 Å². The van der Waals surface area contributed by atoms with E-state index in [2.05, 4.69) is 4.98 Å². The summed E-state index contributed by atoms with van der Waals surface area (Å²) in [6.07, 6.45) is 2.54. The van der Waals surface area contributed by atoms with Gasteiger partial charge >= 0.3 is 0 Å². The monoisotopic (exact) mass is 228 g/mol. The summed E-state index contributed by atoms with van der Waals surface area (Å²) in [5.74, 6) is 0.385. The zero-order valence-corrected chi connectivity index (χ0v) is 9.30. The van der Waals surface area contributed by atoms with Crippen LogP contribution in [0.2, 0.25) is 0 Å². The van der Waals surface area contributed by atoms with Crippen molar-refractivity contribution in [3.63, 3.8) is 0 Å². The Morgan fingerprint density at radius 2 is 2.18 bits per heavy atom. The Morgan fingerprint density at radius 3 is 3.00 bits per heavy atom. The van der Waals surface area contributed by atoms with Crippen LogP contribution in [0.25, 0.3) is 10.9 Å². The molecule has 17 heavy (non-hydrogen) atoms. The fraction of sp³-hybridized carbons (Fsp3) is 0.308. The molecule has 1 atom stereocenters. The largest absolute Gasteiger partial charge is 0.303 e. The van der Waals surface area contributed by atoms with Crippen LogP contribution in [0.1, 0.15) is 24.6 Å². The summed E-state index contributed by atoms with van der Waals surface area (Å²) < 4.78 is 1.64. The van der Waals surface area contributed by atoms with E-state index in [-0.39, 0.29) is 11.5 Å². The first kappa shape index (κ1) is 10.2. The van der Waals surface area contributed by atoms with Gasteiger partial charge in [0.15, 0.2) is 0 Å². The van der Waals surface area contributed by atoms with Gasteiger partial charge in [-0.05, 0) is 25.0 Å². The molecule has 0 N–H and O–H groups in total. The Hall–Kier alpha value is -1.97. The number of aromatic nitrogens is 2. The van der Waals surface area contributed by atoms with E-state index in [4.69, 9.17) is 0 Å². The molecule has 0 radical (unpaired) electrons. The smallest absolute Gasteiger partial charge is 0.261 e. The van der Waals surface area contributed by atoms with Gasteiger partial charge in [-0.3, -0.25) is 9.36 Å². The maximum Gasteiger partial charge on any atom is 0.261 e. The van der Waals surface area contributed by atoms with Crippen molar-refractivity contribution < 1.29 is 4.79 Å². The van der Waals surface area contributed by atoms with Crippen molar-refractivity contribution in [1.29, 1.82) is 0 Å². The molecule has 2 aromatic rings. The molecule has 1 aliphatic rings. The normalized spacial score (nSPS) is 18.9. The quantitative estimate of drug-likeness (QED) is 0.694. The van der Waals surface area contributed by atoms with E-state index in [1.807, 2.05) is 18.2 Å².